The van der Waals surface area contributed by atoms with E-state index in [2.05, 4.69) is 45.7 Å². The smallest absolute Gasteiger partial charge is 0.264 e. The number of benzene rings is 2. The Labute approximate surface area is 315 Å². The molecule has 5 aliphatic rings. The molecule has 11 heteroatoms. The Kier molecular flexibility index (Phi) is 11.0. The summed E-state index contributed by atoms with van der Waals surface area (Å²) >= 11 is 6.50. The monoisotopic (exact) mass is 753 g/mol. The third-order valence-corrected chi connectivity index (χ3v) is 15.1. The highest BCUT2D eigenvalue weighted by atomic mass is 35.5. The molecule has 0 unspecified atom stereocenters. The molecule has 52 heavy (non-hydrogen) atoms. The lowest BCUT2D eigenvalue weighted by Gasteiger charge is -2.52. The number of ether oxygens (including phenoxy) is 3. The van der Waals surface area contributed by atoms with Crippen molar-refractivity contribution in [2.24, 2.45) is 17.8 Å². The van der Waals surface area contributed by atoms with E-state index in [1.54, 1.807) is 20.1 Å². The number of nitrogens with one attached hydrogen (secondary N) is 1. The minimum Gasteiger partial charge on any atom is -0.490 e. The molecule has 2 aromatic rings. The summed E-state index contributed by atoms with van der Waals surface area (Å²) in [6.45, 7) is 11.0. The predicted octanol–water partition coefficient (Wildman–Crippen LogP) is 6.77. The molecule has 1 saturated heterocycles. The lowest BCUT2D eigenvalue weighted by molar-refractivity contribution is -0.114. The second-order valence-corrected chi connectivity index (χ2v) is 18.6. The molecule has 1 N–H and O–H groups in total. The van der Waals surface area contributed by atoms with Crippen molar-refractivity contribution in [3.8, 4) is 5.75 Å². The zero-order valence-electron chi connectivity index (χ0n) is 31.2. The molecule has 1 spiro atoms. The van der Waals surface area contributed by atoms with Crippen molar-refractivity contribution < 1.29 is 27.4 Å². The summed E-state index contributed by atoms with van der Waals surface area (Å²) in [5.41, 5.74) is 2.91. The van der Waals surface area contributed by atoms with Crippen LogP contribution in [0, 0.1) is 17.8 Å². The molecular weight excluding hydrogens is 698 g/mol. The van der Waals surface area contributed by atoms with Crippen LogP contribution in [0.1, 0.15) is 87.2 Å². The number of hydrogen-bond acceptors (Lipinski definition) is 8. The standard InChI is InChI=1S/C41H56ClN3O6S/c1-5-51-41(26-44-20-16-34(49-4)17-21-44)19-6-8-28(2)29(3)52(47,48)43-39(46)31-11-15-38-37(23-31)45(24-32-10-13-36(32)41)25-40(27-50-38)18-7-9-30-22-33(42)12-14-35(30)40/h6,11-12,14-15,19,22-23,28-29,32,34,36H,5,7-10,13,16-18,20-21,24-27H2,1-4H3,(H,43,46)/b19-6-/t28-,29+,32-,36+,40-,41+/m0/s1. The van der Waals surface area contributed by atoms with Gasteiger partial charge in [0.2, 0.25) is 10.0 Å². The van der Waals surface area contributed by atoms with Gasteiger partial charge >= 0.3 is 0 Å². The van der Waals surface area contributed by atoms with E-state index in [0.717, 1.165) is 88.4 Å². The highest BCUT2D eigenvalue weighted by molar-refractivity contribution is 7.90. The van der Waals surface area contributed by atoms with Gasteiger partial charge in [-0.25, -0.2) is 13.1 Å². The fraction of sp³-hybridized carbons (Fsp3) is 0.634. The van der Waals surface area contributed by atoms with E-state index in [-0.39, 0.29) is 23.4 Å². The van der Waals surface area contributed by atoms with E-state index in [1.807, 2.05) is 25.1 Å². The molecule has 1 saturated carbocycles. The summed E-state index contributed by atoms with van der Waals surface area (Å²) in [7, 11) is -2.15. The lowest BCUT2D eigenvalue weighted by Crippen LogP contribution is -2.58. The Bertz CT molecular complexity index is 1760. The predicted molar refractivity (Wildman–Crippen MR) is 206 cm³/mol. The fourth-order valence-electron chi connectivity index (χ4n) is 9.65. The van der Waals surface area contributed by atoms with Crippen LogP contribution in [0.5, 0.6) is 5.75 Å². The van der Waals surface area contributed by atoms with Gasteiger partial charge < -0.3 is 19.1 Å². The van der Waals surface area contributed by atoms with Crippen LogP contribution < -0.4 is 14.4 Å². The molecule has 284 valence electrons. The maximum absolute atomic E-state index is 13.6. The molecule has 1 amide bonds. The van der Waals surface area contributed by atoms with Gasteiger partial charge in [-0.1, -0.05) is 36.7 Å². The molecule has 2 fully saturated rings. The number of aryl methyl sites for hydroxylation is 1. The number of anilines is 1. The average Bonchev–Trinajstić information content (AvgIpc) is 3.26. The minimum absolute atomic E-state index is 0.219. The summed E-state index contributed by atoms with van der Waals surface area (Å²) in [5.74, 6) is 0.485. The number of halogens is 1. The number of hydrogen-bond donors (Lipinski definition) is 1. The molecule has 0 radical (unpaired) electrons. The van der Waals surface area contributed by atoms with Crippen LogP contribution in [0.15, 0.2) is 48.6 Å². The maximum Gasteiger partial charge on any atom is 0.264 e. The Morgan fingerprint density at radius 3 is 2.62 bits per heavy atom. The Morgan fingerprint density at radius 2 is 1.88 bits per heavy atom. The van der Waals surface area contributed by atoms with Gasteiger partial charge in [0.15, 0.2) is 0 Å². The third-order valence-electron chi connectivity index (χ3n) is 13.0. The SMILES string of the molecule is CCO[C@@]1(CN2CCC(OC)CC2)/C=C\C[C@H](C)[C@@H](C)S(=O)(=O)NC(=O)c2ccc3c(c2)N(C[C@@H]2CC[C@H]21)C[C@@]1(CCCc2cc(Cl)ccc21)CO3. The highest BCUT2D eigenvalue weighted by Crippen LogP contribution is 2.49. The van der Waals surface area contributed by atoms with Gasteiger partial charge in [-0.05, 0) is 124 Å². The number of carbonyl (C=O) groups is 1. The third kappa shape index (κ3) is 7.39. The normalized spacial score (nSPS) is 33.2. The van der Waals surface area contributed by atoms with Gasteiger partial charge in [-0.2, -0.15) is 0 Å². The number of allylic oxidation sites excluding steroid dienone is 1. The summed E-state index contributed by atoms with van der Waals surface area (Å²) < 4.78 is 49.0. The summed E-state index contributed by atoms with van der Waals surface area (Å²) in [6, 6.07) is 11.7. The lowest BCUT2D eigenvalue weighted by atomic mass is 9.63. The van der Waals surface area contributed by atoms with Gasteiger partial charge in [-0.3, -0.25) is 9.69 Å². The molecule has 2 aromatic carbocycles. The van der Waals surface area contributed by atoms with Crippen LogP contribution in [0.4, 0.5) is 5.69 Å². The minimum atomic E-state index is -3.96. The second kappa shape index (κ2) is 15.2. The molecule has 3 heterocycles. The zero-order chi connectivity index (χ0) is 36.7. The van der Waals surface area contributed by atoms with E-state index < -0.39 is 26.8 Å². The van der Waals surface area contributed by atoms with Gasteiger partial charge in [0, 0.05) is 62.4 Å². The van der Waals surface area contributed by atoms with Crippen molar-refractivity contribution >= 4 is 33.2 Å². The molecule has 9 nitrogen and oxygen atoms in total. The van der Waals surface area contributed by atoms with Crippen molar-refractivity contribution in [2.75, 3.05) is 57.9 Å². The molecule has 2 aliphatic carbocycles. The van der Waals surface area contributed by atoms with Crippen LogP contribution in [-0.2, 0) is 31.3 Å². The van der Waals surface area contributed by atoms with Crippen LogP contribution in [0.2, 0.25) is 5.02 Å². The van der Waals surface area contributed by atoms with E-state index in [9.17, 15) is 13.2 Å². The molecule has 0 aromatic heterocycles. The van der Waals surface area contributed by atoms with Crippen molar-refractivity contribution in [2.45, 2.75) is 94.5 Å². The number of methoxy groups -OCH3 is 1. The number of nitrogens with zero attached hydrogens (tertiary/aromatic N) is 2. The van der Waals surface area contributed by atoms with E-state index >= 15 is 0 Å². The Hall–Kier alpha value is -2.63. The zero-order valence-corrected chi connectivity index (χ0v) is 32.8. The Balaban J connectivity index is 1.31. The maximum atomic E-state index is 13.6. The van der Waals surface area contributed by atoms with E-state index in [4.69, 9.17) is 25.8 Å². The van der Waals surface area contributed by atoms with Gasteiger partial charge in [0.25, 0.3) is 5.91 Å². The number of piperidine rings is 1. The number of fused-ring (bicyclic) bond motifs is 4. The van der Waals surface area contributed by atoms with Crippen LogP contribution in [-0.4, -0.2) is 89.2 Å². The first-order valence-electron chi connectivity index (χ1n) is 19.4. The number of amides is 1. The largest absolute Gasteiger partial charge is 0.490 e. The van der Waals surface area contributed by atoms with Gasteiger partial charge in [0.1, 0.15) is 11.4 Å². The molecule has 6 atom stereocenters. The Morgan fingerprint density at radius 1 is 1.08 bits per heavy atom. The van der Waals surface area contributed by atoms with Gasteiger partial charge in [0.05, 0.1) is 23.6 Å². The highest BCUT2D eigenvalue weighted by Gasteiger charge is 2.50. The van der Waals surface area contributed by atoms with Gasteiger partial charge in [-0.15, -0.1) is 0 Å². The number of sulfonamides is 1. The topological polar surface area (TPSA) is 97.4 Å². The first kappa shape index (κ1) is 37.7. The molecule has 2 bridgehead atoms. The molecular formula is C41H56ClN3O6S. The van der Waals surface area contributed by atoms with Crippen molar-refractivity contribution in [1.82, 2.24) is 9.62 Å². The first-order valence-corrected chi connectivity index (χ1v) is 21.3. The van der Waals surface area contributed by atoms with Crippen LogP contribution >= 0.6 is 11.6 Å². The van der Waals surface area contributed by atoms with E-state index in [0.29, 0.717) is 36.9 Å². The summed E-state index contributed by atoms with van der Waals surface area (Å²) in [4.78, 5) is 18.6. The van der Waals surface area contributed by atoms with Crippen LogP contribution in [0.25, 0.3) is 0 Å². The van der Waals surface area contributed by atoms with Crippen molar-refractivity contribution in [3.05, 3.63) is 70.3 Å². The molecule has 3 aliphatic heterocycles. The van der Waals surface area contributed by atoms with Crippen molar-refractivity contribution in [1.29, 1.82) is 0 Å². The summed E-state index contributed by atoms with van der Waals surface area (Å²) in [5, 5.41) is -0.0301. The first-order chi connectivity index (χ1) is 25.0. The van der Waals surface area contributed by atoms with E-state index in [1.165, 1.54) is 11.1 Å². The second-order valence-electron chi connectivity index (χ2n) is 16.1. The fourth-order valence-corrected chi connectivity index (χ4v) is 11.1. The van der Waals surface area contributed by atoms with Crippen molar-refractivity contribution in [3.63, 3.8) is 0 Å². The number of carbonyl (C=O) groups excluding carboxylic acids is 1. The number of rotatable bonds is 5. The summed E-state index contributed by atoms with van der Waals surface area (Å²) in [6.07, 6.45) is 12.4. The quantitative estimate of drug-likeness (QED) is 0.335. The average molecular weight is 754 g/mol. The molecule has 7 rings (SSSR count). The number of likely N-dealkylation sites (tertiary alicyclic amines) is 1. The van der Waals surface area contributed by atoms with Crippen LogP contribution in [0.3, 0.4) is 0 Å².